The van der Waals surface area contributed by atoms with Gasteiger partial charge in [-0.15, -0.1) is 0 Å². The van der Waals surface area contributed by atoms with E-state index in [1.807, 2.05) is 31.2 Å². The maximum absolute atomic E-state index is 11.4. The van der Waals surface area contributed by atoms with E-state index in [1.165, 1.54) is 23.5 Å². The van der Waals surface area contributed by atoms with Crippen LogP contribution in [-0.2, 0) is 0 Å². The zero-order valence-electron chi connectivity index (χ0n) is 8.61. The largest absolute Gasteiger partial charge is 0.325 e. The molecule has 0 radical (unpaired) electrons. The van der Waals surface area contributed by atoms with E-state index in [4.69, 9.17) is 0 Å². The molecular weight excluding hydrogens is 224 g/mol. The Labute approximate surface area is 95.7 Å². The van der Waals surface area contributed by atoms with Crippen LogP contribution in [0.4, 0.5) is 0 Å². The minimum Gasteiger partial charge on any atom is -0.313 e. The van der Waals surface area contributed by atoms with Crippen LogP contribution in [0.15, 0.2) is 49.8 Å². The van der Waals surface area contributed by atoms with Gasteiger partial charge in [0.15, 0.2) is 0 Å². The van der Waals surface area contributed by atoms with E-state index in [-0.39, 0.29) is 5.56 Å². The van der Waals surface area contributed by atoms with Crippen molar-refractivity contribution in [3.05, 3.63) is 56.9 Å². The predicted molar refractivity (Wildman–Crippen MR) is 63.0 cm³/mol. The number of rotatable bonds is 2. The molecular formula is C11H10N2O2S. The van der Waals surface area contributed by atoms with Crippen molar-refractivity contribution in [2.45, 2.75) is 16.7 Å². The van der Waals surface area contributed by atoms with Gasteiger partial charge in [0.05, 0.1) is 4.90 Å². The lowest BCUT2D eigenvalue weighted by molar-refractivity contribution is 0.976. The molecule has 0 unspecified atom stereocenters. The molecule has 1 heterocycles. The molecule has 1 aromatic heterocycles. The fraction of sp³-hybridized carbons (Fsp3) is 0.0909. The second kappa shape index (κ2) is 4.40. The van der Waals surface area contributed by atoms with Crippen molar-refractivity contribution in [1.82, 2.24) is 9.97 Å². The highest BCUT2D eigenvalue weighted by Gasteiger charge is 2.02. The Morgan fingerprint density at radius 3 is 2.44 bits per heavy atom. The molecule has 0 saturated heterocycles. The molecule has 0 atom stereocenters. The van der Waals surface area contributed by atoms with Gasteiger partial charge in [0.2, 0.25) is 0 Å². The third-order valence-corrected chi connectivity index (χ3v) is 3.07. The SMILES string of the molecule is Cc1ccc(Sc2c[nH]c(=O)[nH]c2=O)cc1. The van der Waals surface area contributed by atoms with Gasteiger partial charge in [-0.2, -0.15) is 0 Å². The number of aromatic nitrogens is 2. The summed E-state index contributed by atoms with van der Waals surface area (Å²) in [7, 11) is 0. The number of hydrogen-bond acceptors (Lipinski definition) is 3. The average molecular weight is 234 g/mol. The van der Waals surface area contributed by atoms with E-state index in [0.717, 1.165) is 4.90 Å². The maximum Gasteiger partial charge on any atom is 0.325 e. The minimum atomic E-state index is -0.488. The lowest BCUT2D eigenvalue weighted by Gasteiger charge is -2.00. The van der Waals surface area contributed by atoms with Gasteiger partial charge in [0.25, 0.3) is 5.56 Å². The van der Waals surface area contributed by atoms with Crippen LogP contribution in [0.3, 0.4) is 0 Å². The smallest absolute Gasteiger partial charge is 0.313 e. The van der Waals surface area contributed by atoms with Gasteiger partial charge in [0.1, 0.15) is 0 Å². The first-order chi connectivity index (χ1) is 7.65. The topological polar surface area (TPSA) is 65.7 Å². The summed E-state index contributed by atoms with van der Waals surface area (Å²) in [6, 6.07) is 7.82. The Morgan fingerprint density at radius 2 is 1.81 bits per heavy atom. The number of benzene rings is 1. The summed E-state index contributed by atoms with van der Waals surface area (Å²) in [6.07, 6.45) is 1.42. The van der Waals surface area contributed by atoms with Crippen LogP contribution < -0.4 is 11.2 Å². The van der Waals surface area contributed by atoms with Crippen molar-refractivity contribution < 1.29 is 0 Å². The molecule has 0 aliphatic carbocycles. The molecule has 0 spiro atoms. The summed E-state index contributed by atoms with van der Waals surface area (Å²) in [5.41, 5.74) is 0.312. The molecule has 0 saturated carbocycles. The van der Waals surface area contributed by atoms with Gasteiger partial charge < -0.3 is 4.98 Å². The van der Waals surface area contributed by atoms with Crippen molar-refractivity contribution >= 4 is 11.8 Å². The van der Waals surface area contributed by atoms with Crippen molar-refractivity contribution in [2.75, 3.05) is 0 Å². The number of hydrogen-bond donors (Lipinski definition) is 2. The summed E-state index contributed by atoms with van der Waals surface area (Å²) in [5, 5.41) is 0. The molecule has 5 heteroatoms. The van der Waals surface area contributed by atoms with Crippen LogP contribution in [0.25, 0.3) is 0 Å². The van der Waals surface area contributed by atoms with Gasteiger partial charge in [-0.1, -0.05) is 29.5 Å². The Hall–Kier alpha value is -1.75. The van der Waals surface area contributed by atoms with Crippen LogP contribution >= 0.6 is 11.8 Å². The molecule has 0 fully saturated rings. The normalized spacial score (nSPS) is 10.3. The lowest BCUT2D eigenvalue weighted by Crippen LogP contribution is -2.22. The highest BCUT2D eigenvalue weighted by molar-refractivity contribution is 7.99. The highest BCUT2D eigenvalue weighted by Crippen LogP contribution is 2.23. The van der Waals surface area contributed by atoms with Gasteiger partial charge in [0, 0.05) is 11.1 Å². The third-order valence-electron chi connectivity index (χ3n) is 2.03. The van der Waals surface area contributed by atoms with Gasteiger partial charge in [-0.25, -0.2) is 4.79 Å². The molecule has 2 rings (SSSR count). The van der Waals surface area contributed by atoms with Crippen LogP contribution in [0.5, 0.6) is 0 Å². The van der Waals surface area contributed by atoms with Crippen molar-refractivity contribution in [3.63, 3.8) is 0 Å². The van der Waals surface area contributed by atoms with Crippen molar-refractivity contribution in [1.29, 1.82) is 0 Å². The maximum atomic E-state index is 11.4. The molecule has 0 aliphatic heterocycles. The molecule has 16 heavy (non-hydrogen) atoms. The number of aromatic amines is 2. The quantitative estimate of drug-likeness (QED) is 0.828. The molecule has 2 N–H and O–H groups in total. The van der Waals surface area contributed by atoms with E-state index >= 15 is 0 Å². The second-order valence-corrected chi connectivity index (χ2v) is 4.47. The molecule has 1 aromatic carbocycles. The molecule has 82 valence electrons. The molecule has 0 amide bonds. The fourth-order valence-electron chi connectivity index (χ4n) is 1.21. The summed E-state index contributed by atoms with van der Waals surface area (Å²) >= 11 is 1.32. The third kappa shape index (κ3) is 2.43. The number of H-pyrrole nitrogens is 2. The monoisotopic (exact) mass is 234 g/mol. The van der Waals surface area contributed by atoms with Crippen molar-refractivity contribution in [3.8, 4) is 0 Å². The first-order valence-electron chi connectivity index (χ1n) is 4.72. The summed E-state index contributed by atoms with van der Waals surface area (Å²) in [5.74, 6) is 0. The predicted octanol–water partition coefficient (Wildman–Crippen LogP) is 1.52. The summed E-state index contributed by atoms with van der Waals surface area (Å²) in [4.78, 5) is 28.3. The Kier molecular flexibility index (Phi) is 2.96. The van der Waals surface area contributed by atoms with Crippen LogP contribution in [0.2, 0.25) is 0 Å². The van der Waals surface area contributed by atoms with E-state index in [1.54, 1.807) is 0 Å². The standard InChI is InChI=1S/C11H10N2O2S/c1-7-2-4-8(5-3-7)16-9-6-12-11(15)13-10(9)14/h2-6H,1H3,(H2,12,13,14,15). The Balaban J connectivity index is 2.30. The van der Waals surface area contributed by atoms with E-state index in [0.29, 0.717) is 4.90 Å². The summed E-state index contributed by atoms with van der Waals surface area (Å²) in [6.45, 7) is 2.00. The van der Waals surface area contributed by atoms with E-state index < -0.39 is 5.69 Å². The molecule has 0 bridgehead atoms. The van der Waals surface area contributed by atoms with E-state index in [9.17, 15) is 9.59 Å². The molecule has 4 nitrogen and oxygen atoms in total. The lowest BCUT2D eigenvalue weighted by atomic mass is 10.2. The molecule has 0 aliphatic rings. The van der Waals surface area contributed by atoms with Crippen LogP contribution in [-0.4, -0.2) is 9.97 Å². The fourth-order valence-corrected chi connectivity index (χ4v) is 1.99. The van der Waals surface area contributed by atoms with E-state index in [2.05, 4.69) is 9.97 Å². The zero-order valence-corrected chi connectivity index (χ0v) is 9.43. The van der Waals surface area contributed by atoms with Gasteiger partial charge in [-0.05, 0) is 19.1 Å². The van der Waals surface area contributed by atoms with Gasteiger partial charge in [-0.3, -0.25) is 9.78 Å². The van der Waals surface area contributed by atoms with Gasteiger partial charge >= 0.3 is 5.69 Å². The average Bonchev–Trinajstić information content (AvgIpc) is 2.25. The zero-order chi connectivity index (χ0) is 11.5. The van der Waals surface area contributed by atoms with Crippen LogP contribution in [0, 0.1) is 6.92 Å². The van der Waals surface area contributed by atoms with Crippen LogP contribution in [0.1, 0.15) is 5.56 Å². The summed E-state index contributed by atoms with van der Waals surface area (Å²) < 4.78 is 0. The number of nitrogens with one attached hydrogen (secondary N) is 2. The van der Waals surface area contributed by atoms with Crippen molar-refractivity contribution in [2.24, 2.45) is 0 Å². The minimum absolute atomic E-state index is 0.366. The Bertz CT molecular complexity index is 598. The second-order valence-electron chi connectivity index (χ2n) is 3.35. The highest BCUT2D eigenvalue weighted by atomic mass is 32.2. The number of aryl methyl sites for hydroxylation is 1. The molecule has 2 aromatic rings. The Morgan fingerprint density at radius 1 is 1.12 bits per heavy atom. The first-order valence-corrected chi connectivity index (χ1v) is 5.53. The first kappa shape index (κ1) is 10.8.